The molecule has 0 spiro atoms. The second kappa shape index (κ2) is 25.3. The SMILES string of the molecule is COC(=O)C(C)CCOC1CC(CCc2ccc3c(n2)CCCC3)C1.COC(=O)C(N)CCOC1CC(CCc2ccc3c(n2)CCCC3)C1.Cl.ClCCl. The Labute approximate surface area is 339 Å². The number of carbonyl (C=O) groups is 2. The third kappa shape index (κ3) is 15.5. The topological polar surface area (TPSA) is 123 Å². The maximum Gasteiger partial charge on any atom is 0.322 e. The minimum atomic E-state index is -0.573. The van der Waals surface area contributed by atoms with Crippen molar-refractivity contribution in [2.45, 2.75) is 141 Å². The number of halogens is 3. The summed E-state index contributed by atoms with van der Waals surface area (Å²) in [6.45, 7) is 3.07. The molecule has 12 heteroatoms. The summed E-state index contributed by atoms with van der Waals surface area (Å²) in [5.74, 6) is 0.911. The van der Waals surface area contributed by atoms with E-state index in [4.69, 9.17) is 53.1 Å². The van der Waals surface area contributed by atoms with Crippen LogP contribution in [0, 0.1) is 17.8 Å². The van der Waals surface area contributed by atoms with E-state index in [1.54, 1.807) is 0 Å². The first-order chi connectivity index (χ1) is 25.7. The lowest BCUT2D eigenvalue weighted by molar-refractivity contribution is -0.146. The van der Waals surface area contributed by atoms with Gasteiger partial charge < -0.3 is 24.7 Å². The van der Waals surface area contributed by atoms with Crippen molar-refractivity contribution in [2.75, 3.05) is 32.8 Å². The summed E-state index contributed by atoms with van der Waals surface area (Å²) >= 11 is 9.53. The van der Waals surface area contributed by atoms with Crippen molar-refractivity contribution in [1.29, 1.82) is 0 Å². The molecule has 9 nitrogen and oxygen atoms in total. The van der Waals surface area contributed by atoms with Crippen LogP contribution in [0.15, 0.2) is 24.3 Å². The van der Waals surface area contributed by atoms with Crippen LogP contribution in [0.5, 0.6) is 0 Å². The predicted molar refractivity (Wildman–Crippen MR) is 218 cm³/mol. The molecule has 2 aromatic rings. The summed E-state index contributed by atoms with van der Waals surface area (Å²) in [5, 5.41) is 0.194. The molecule has 2 aromatic heterocycles. The van der Waals surface area contributed by atoms with Crippen molar-refractivity contribution >= 4 is 47.5 Å². The van der Waals surface area contributed by atoms with Crippen molar-refractivity contribution in [3.8, 4) is 0 Å². The maximum absolute atomic E-state index is 11.3. The van der Waals surface area contributed by atoms with Crippen LogP contribution >= 0.6 is 35.6 Å². The first kappa shape index (κ1) is 46.4. The summed E-state index contributed by atoms with van der Waals surface area (Å²) < 4.78 is 21.0. The number of hydrogen-bond acceptors (Lipinski definition) is 9. The van der Waals surface area contributed by atoms with Gasteiger partial charge in [-0.05, 0) is 151 Å². The molecule has 0 amide bonds. The second-order valence-electron chi connectivity index (χ2n) is 15.2. The van der Waals surface area contributed by atoms with E-state index in [0.29, 0.717) is 31.8 Å². The number of carbonyl (C=O) groups excluding carboxylic acids is 2. The fourth-order valence-electron chi connectivity index (χ4n) is 7.69. The van der Waals surface area contributed by atoms with Gasteiger partial charge in [0.25, 0.3) is 0 Å². The Morgan fingerprint density at radius 2 is 1.15 bits per heavy atom. The zero-order valence-electron chi connectivity index (χ0n) is 32.7. The molecule has 4 aliphatic carbocycles. The summed E-state index contributed by atoms with van der Waals surface area (Å²) in [7, 11) is 2.80. The molecule has 6 rings (SSSR count). The van der Waals surface area contributed by atoms with E-state index in [1.165, 1.54) is 99.5 Å². The number of aryl methyl sites for hydroxylation is 6. The number of hydrogen-bond donors (Lipinski definition) is 1. The molecule has 54 heavy (non-hydrogen) atoms. The lowest BCUT2D eigenvalue weighted by Crippen LogP contribution is -2.36. The maximum atomic E-state index is 11.3. The highest BCUT2D eigenvalue weighted by Gasteiger charge is 2.31. The highest BCUT2D eigenvalue weighted by atomic mass is 35.5. The summed E-state index contributed by atoms with van der Waals surface area (Å²) in [5.41, 5.74) is 13.8. The molecule has 0 bridgehead atoms. The average molecular weight is 813 g/mol. The van der Waals surface area contributed by atoms with E-state index in [2.05, 4.69) is 29.0 Å². The van der Waals surface area contributed by atoms with Crippen molar-refractivity contribution in [3.63, 3.8) is 0 Å². The van der Waals surface area contributed by atoms with Gasteiger partial charge in [-0.15, -0.1) is 35.6 Å². The van der Waals surface area contributed by atoms with Crippen molar-refractivity contribution in [1.82, 2.24) is 9.97 Å². The summed E-state index contributed by atoms with van der Waals surface area (Å²) in [6, 6.07) is 8.45. The number of ether oxygens (including phenoxy) is 4. The second-order valence-corrected chi connectivity index (χ2v) is 16.0. The summed E-state index contributed by atoms with van der Waals surface area (Å²) in [6.07, 6.45) is 21.0. The molecule has 2 atom stereocenters. The van der Waals surface area contributed by atoms with E-state index in [9.17, 15) is 9.59 Å². The Kier molecular flexibility index (Phi) is 21.7. The Morgan fingerprint density at radius 3 is 1.59 bits per heavy atom. The molecule has 2 N–H and O–H groups in total. The number of alkyl halides is 2. The fourth-order valence-corrected chi connectivity index (χ4v) is 7.69. The molecule has 2 unspecified atom stereocenters. The number of fused-ring (bicyclic) bond motifs is 2. The van der Waals surface area contributed by atoms with Gasteiger partial charge in [0.2, 0.25) is 0 Å². The van der Waals surface area contributed by atoms with Crippen LogP contribution < -0.4 is 5.73 Å². The highest BCUT2D eigenvalue weighted by Crippen LogP contribution is 2.35. The van der Waals surface area contributed by atoms with Crippen LogP contribution in [0.3, 0.4) is 0 Å². The van der Waals surface area contributed by atoms with Gasteiger partial charge in [-0.25, -0.2) is 0 Å². The lowest BCUT2D eigenvalue weighted by atomic mass is 9.79. The van der Waals surface area contributed by atoms with Crippen LogP contribution in [0.1, 0.15) is 118 Å². The van der Waals surface area contributed by atoms with Crippen LogP contribution in [-0.4, -0.2) is 72.9 Å². The molecule has 0 radical (unpaired) electrons. The van der Waals surface area contributed by atoms with Crippen molar-refractivity contribution in [3.05, 3.63) is 58.2 Å². The Hall–Kier alpha value is -2.01. The molecule has 0 aromatic carbocycles. The Balaban J connectivity index is 0.000000266. The number of methoxy groups -OCH3 is 2. The first-order valence-electron chi connectivity index (χ1n) is 19.9. The quantitative estimate of drug-likeness (QED) is 0.132. The third-order valence-corrected chi connectivity index (χ3v) is 11.3. The molecule has 304 valence electrons. The first-order valence-corrected chi connectivity index (χ1v) is 21.0. The van der Waals surface area contributed by atoms with Gasteiger partial charge in [0, 0.05) is 36.0 Å². The largest absolute Gasteiger partial charge is 0.469 e. The van der Waals surface area contributed by atoms with E-state index < -0.39 is 6.04 Å². The van der Waals surface area contributed by atoms with E-state index >= 15 is 0 Å². The van der Waals surface area contributed by atoms with Gasteiger partial charge in [0.05, 0.1) is 37.7 Å². The molecular weight excluding hydrogens is 749 g/mol. The molecule has 0 aliphatic heterocycles. The lowest BCUT2D eigenvalue weighted by Gasteiger charge is -2.35. The van der Waals surface area contributed by atoms with Gasteiger partial charge in [-0.2, -0.15) is 0 Å². The number of pyridine rings is 2. The smallest absolute Gasteiger partial charge is 0.322 e. The van der Waals surface area contributed by atoms with Crippen molar-refractivity contribution in [2.24, 2.45) is 23.5 Å². The van der Waals surface area contributed by atoms with Crippen LogP contribution in [0.4, 0.5) is 0 Å². The average Bonchev–Trinajstić information content (AvgIpc) is 3.15. The molecule has 0 saturated heterocycles. The normalized spacial score (nSPS) is 22.0. The fraction of sp³-hybridized carbons (Fsp3) is 0.714. The Bertz CT molecular complexity index is 1300. The van der Waals surface area contributed by atoms with Crippen LogP contribution in [-0.2, 0) is 67.1 Å². The number of rotatable bonds is 16. The minimum absolute atomic E-state index is 0. The van der Waals surface area contributed by atoms with E-state index in [-0.39, 0.29) is 35.6 Å². The zero-order valence-corrected chi connectivity index (χ0v) is 35.0. The minimum Gasteiger partial charge on any atom is -0.469 e. The van der Waals surface area contributed by atoms with Gasteiger partial charge in [0.15, 0.2) is 0 Å². The van der Waals surface area contributed by atoms with Gasteiger partial charge in [-0.3, -0.25) is 19.6 Å². The van der Waals surface area contributed by atoms with Gasteiger partial charge in [-0.1, -0.05) is 19.1 Å². The van der Waals surface area contributed by atoms with Gasteiger partial charge >= 0.3 is 11.9 Å². The molecular formula is C42H64Cl3N3O6. The van der Waals surface area contributed by atoms with Crippen LogP contribution in [0.2, 0.25) is 0 Å². The van der Waals surface area contributed by atoms with Crippen molar-refractivity contribution < 1.29 is 28.5 Å². The summed E-state index contributed by atoms with van der Waals surface area (Å²) in [4.78, 5) is 32.3. The van der Waals surface area contributed by atoms with Gasteiger partial charge in [0.1, 0.15) is 6.04 Å². The number of aromatic nitrogens is 2. The van der Waals surface area contributed by atoms with Crippen LogP contribution in [0.25, 0.3) is 0 Å². The predicted octanol–water partition coefficient (Wildman–Crippen LogP) is 8.31. The Morgan fingerprint density at radius 1 is 0.722 bits per heavy atom. The molecule has 2 fully saturated rings. The molecule has 2 saturated carbocycles. The monoisotopic (exact) mass is 811 g/mol. The molecule has 4 aliphatic rings. The van der Waals surface area contributed by atoms with E-state index in [0.717, 1.165) is 69.6 Å². The number of esters is 2. The molecule has 2 heterocycles. The highest BCUT2D eigenvalue weighted by molar-refractivity contribution is 6.40. The van der Waals surface area contributed by atoms with E-state index in [1.807, 2.05) is 6.92 Å². The standard InChI is InChI=1S/C21H31NO3.C20H30N2O3.CH2Cl2.ClH/c1-15(21(23)24-2)11-12-25-19-13-16(14-19)7-9-18-10-8-17-5-3-4-6-20(17)22-18;1-24-20(23)18(21)10-11-25-17-12-14(13-17)6-8-16-9-7-15-4-2-3-5-19(15)22-16;2-1-3;/h8,10,15-16,19H,3-7,9,11-14H2,1-2H3;7,9,14,17-18H,2-6,8,10-13,21H2,1H3;1H2;1H. The third-order valence-electron chi connectivity index (χ3n) is 11.3. The number of nitrogens with two attached hydrogens (primary N) is 1. The zero-order chi connectivity index (χ0) is 38.0. The number of nitrogens with zero attached hydrogens (tertiary/aromatic N) is 2.